The van der Waals surface area contributed by atoms with Gasteiger partial charge in [-0.3, -0.25) is 0 Å². The average Bonchev–Trinajstić information content (AvgIpc) is 1.64. The third-order valence-corrected chi connectivity index (χ3v) is 0.653. The van der Waals surface area contributed by atoms with E-state index < -0.39 is 0 Å². The van der Waals surface area contributed by atoms with E-state index in [0.717, 1.165) is 0 Å². The molecule has 0 aliphatic rings. The first-order valence-corrected chi connectivity index (χ1v) is 2.13. The first kappa shape index (κ1) is 8.91. The number of nitrogens with two attached hydrogens (primary N) is 1. The van der Waals surface area contributed by atoms with Crippen molar-refractivity contribution in [1.29, 1.82) is 0 Å². The minimum atomic E-state index is 0. The summed E-state index contributed by atoms with van der Waals surface area (Å²) < 4.78 is 0. The number of hydrogen-bond acceptors (Lipinski definition) is 4. The van der Waals surface area contributed by atoms with Gasteiger partial charge in [0.15, 0.2) is 0 Å². The molecule has 1 rings (SSSR count). The number of rotatable bonds is 0. The molecule has 1 aromatic rings. The number of aryl methyl sites for hydroxylation is 1. The Bertz CT molecular complexity index is 172. The molecule has 0 unspecified atom stereocenters. The van der Waals surface area contributed by atoms with Crippen LogP contribution in [0.3, 0.4) is 0 Å². The molecule has 0 spiro atoms. The van der Waals surface area contributed by atoms with Crippen LogP contribution in [-0.2, 0) is 32.7 Å². The summed E-state index contributed by atoms with van der Waals surface area (Å²) in [5, 5.41) is 0. The van der Waals surface area contributed by atoms with Gasteiger partial charge in [0.25, 0.3) is 0 Å². The van der Waals surface area contributed by atoms with Gasteiger partial charge in [0.2, 0.25) is 0 Å². The molecule has 1 heterocycles. The topological polar surface area (TPSA) is 64.7 Å². The molecular weight excluding hydrogens is 193 g/mol. The molecule has 0 saturated heterocycles. The predicted molar refractivity (Wildman–Crippen MR) is 27.8 cm³/mol. The molecule has 0 saturated carbocycles. The van der Waals surface area contributed by atoms with Crippen molar-refractivity contribution in [3.8, 4) is 0 Å². The Labute approximate surface area is 78.2 Å². The van der Waals surface area contributed by atoms with Crippen LogP contribution < -0.4 is 5.73 Å². The fourth-order valence-electron chi connectivity index (χ4n) is 0.364. The van der Waals surface area contributed by atoms with E-state index in [1.807, 2.05) is 0 Å². The summed E-state index contributed by atoms with van der Waals surface area (Å²) in [5.74, 6) is 0.815. The minimum Gasteiger partial charge on any atom is -0.420 e. The number of anilines is 1. The monoisotopic (exact) mass is 198 g/mol. The summed E-state index contributed by atoms with van der Waals surface area (Å²) >= 11 is 0. The van der Waals surface area contributed by atoms with Crippen LogP contribution in [0.2, 0.25) is 0 Å². The molecule has 0 aliphatic heterocycles. The van der Waals surface area contributed by atoms with Crippen LogP contribution >= 0.6 is 0 Å². The van der Waals surface area contributed by atoms with Crippen molar-refractivity contribution in [3.05, 3.63) is 12.2 Å². The fraction of sp³-hybridized carbons (Fsp3) is 0.250. The second-order valence-electron chi connectivity index (χ2n) is 1.34. The molecule has 42 valence electrons. The number of hydrogen-bond donors (Lipinski definition) is 1. The quantitative estimate of drug-likeness (QED) is 0.574. The number of nitrogens with zero attached hydrogens (tertiary/aromatic N) is 3. The van der Waals surface area contributed by atoms with Crippen molar-refractivity contribution in [1.82, 2.24) is 15.0 Å². The zero-order valence-corrected chi connectivity index (χ0v) is 7.83. The Balaban J connectivity index is 0.000000640. The maximum atomic E-state index is 5.17. The standard InChI is InChI=1S/C4H5N4.Y/c1-3-6-2-7-4(5)8-3;/h1H3,(H2,5,6,7,8);/q-1;+3. The van der Waals surface area contributed by atoms with Gasteiger partial charge >= 0.3 is 32.7 Å². The molecule has 9 heavy (non-hydrogen) atoms. The van der Waals surface area contributed by atoms with Gasteiger partial charge in [-0.1, -0.05) is 6.92 Å². The van der Waals surface area contributed by atoms with Crippen LogP contribution in [0.4, 0.5) is 5.95 Å². The minimum absolute atomic E-state index is 0. The van der Waals surface area contributed by atoms with Crippen LogP contribution in [0.25, 0.3) is 0 Å². The van der Waals surface area contributed by atoms with Gasteiger partial charge in [0.05, 0.1) is 0 Å². The Morgan fingerprint density at radius 1 is 1.44 bits per heavy atom. The van der Waals surface area contributed by atoms with Crippen LogP contribution in [0, 0.1) is 13.3 Å². The van der Waals surface area contributed by atoms with Crippen molar-refractivity contribution in [2.75, 3.05) is 5.73 Å². The molecular formula is C4H5N4Y+2. The molecule has 0 radical (unpaired) electrons. The Morgan fingerprint density at radius 2 is 2.11 bits per heavy atom. The smallest absolute Gasteiger partial charge is 0.420 e. The molecule has 1 aromatic heterocycles. The first-order chi connectivity index (χ1) is 3.79. The Morgan fingerprint density at radius 3 is 2.44 bits per heavy atom. The van der Waals surface area contributed by atoms with Gasteiger partial charge in [-0.2, -0.15) is 0 Å². The largest absolute Gasteiger partial charge is 3.00 e. The molecule has 2 N–H and O–H groups in total. The number of nitrogen functional groups attached to an aromatic ring is 1. The molecule has 0 atom stereocenters. The maximum absolute atomic E-state index is 5.17. The van der Waals surface area contributed by atoms with E-state index in [9.17, 15) is 0 Å². The van der Waals surface area contributed by atoms with E-state index in [0.29, 0.717) is 5.82 Å². The summed E-state index contributed by atoms with van der Waals surface area (Å²) in [6, 6.07) is 0. The van der Waals surface area contributed by atoms with E-state index in [4.69, 9.17) is 5.73 Å². The summed E-state index contributed by atoms with van der Waals surface area (Å²) in [6.45, 7) is 1.73. The van der Waals surface area contributed by atoms with Crippen LogP contribution in [0.1, 0.15) is 5.82 Å². The third-order valence-electron chi connectivity index (χ3n) is 0.653. The Kier molecular flexibility index (Phi) is 3.81. The first-order valence-electron chi connectivity index (χ1n) is 2.13. The summed E-state index contributed by atoms with van der Waals surface area (Å²) in [6.07, 6.45) is 2.34. The SMILES string of the molecule is Cc1n[c-]nc(N)n1.[Y+3]. The van der Waals surface area contributed by atoms with E-state index in [1.54, 1.807) is 6.92 Å². The van der Waals surface area contributed by atoms with Gasteiger partial charge in [0, 0.05) is 12.2 Å². The van der Waals surface area contributed by atoms with Gasteiger partial charge in [-0.25, -0.2) is 0 Å². The molecule has 4 nitrogen and oxygen atoms in total. The zero-order chi connectivity index (χ0) is 5.98. The molecule has 5 heteroatoms. The van der Waals surface area contributed by atoms with Gasteiger partial charge in [-0.05, 0) is 0 Å². The maximum Gasteiger partial charge on any atom is 3.00 e. The zero-order valence-electron chi connectivity index (χ0n) is 5.00. The van der Waals surface area contributed by atoms with Crippen molar-refractivity contribution >= 4 is 5.95 Å². The van der Waals surface area contributed by atoms with Crippen molar-refractivity contribution < 1.29 is 32.7 Å². The molecule has 0 bridgehead atoms. The predicted octanol–water partition coefficient (Wildman–Crippen LogP) is -0.440. The van der Waals surface area contributed by atoms with Crippen LogP contribution in [-0.4, -0.2) is 15.0 Å². The summed E-state index contributed by atoms with van der Waals surface area (Å²) in [4.78, 5) is 10.8. The van der Waals surface area contributed by atoms with Crippen molar-refractivity contribution in [3.63, 3.8) is 0 Å². The van der Waals surface area contributed by atoms with E-state index in [1.165, 1.54) is 0 Å². The summed E-state index contributed by atoms with van der Waals surface area (Å²) in [7, 11) is 0. The molecule has 0 aliphatic carbocycles. The molecule has 0 fully saturated rings. The second kappa shape index (κ2) is 3.85. The van der Waals surface area contributed by atoms with Crippen LogP contribution in [0.5, 0.6) is 0 Å². The second-order valence-corrected chi connectivity index (χ2v) is 1.34. The van der Waals surface area contributed by atoms with Crippen molar-refractivity contribution in [2.24, 2.45) is 0 Å². The molecule has 0 amide bonds. The average molecular weight is 198 g/mol. The normalized spacial score (nSPS) is 8.11. The van der Waals surface area contributed by atoms with E-state index in [2.05, 4.69) is 21.3 Å². The van der Waals surface area contributed by atoms with E-state index >= 15 is 0 Å². The van der Waals surface area contributed by atoms with Crippen molar-refractivity contribution in [2.45, 2.75) is 6.92 Å². The Hall–Kier alpha value is -0.0861. The summed E-state index contributed by atoms with van der Waals surface area (Å²) in [5.41, 5.74) is 5.17. The number of aromatic nitrogens is 3. The van der Waals surface area contributed by atoms with E-state index in [-0.39, 0.29) is 38.7 Å². The third kappa shape index (κ3) is 2.82. The van der Waals surface area contributed by atoms with Crippen LogP contribution in [0.15, 0.2) is 0 Å². The fourth-order valence-corrected chi connectivity index (χ4v) is 0.364. The molecule has 0 aromatic carbocycles. The van der Waals surface area contributed by atoms with Gasteiger partial charge in [0.1, 0.15) is 5.95 Å². The van der Waals surface area contributed by atoms with Gasteiger partial charge in [-0.15, -0.1) is 0 Å². The van der Waals surface area contributed by atoms with Gasteiger partial charge < -0.3 is 20.7 Å².